The van der Waals surface area contributed by atoms with Crippen LogP contribution in [0, 0.1) is 0 Å². The van der Waals surface area contributed by atoms with Gasteiger partial charge in [0, 0.05) is 5.02 Å². The summed E-state index contributed by atoms with van der Waals surface area (Å²) in [6.07, 6.45) is 0.717. The minimum Gasteiger partial charge on any atom is -0.479 e. The minimum atomic E-state index is -0.785. The average Bonchev–Trinajstić information content (AvgIpc) is 3.05. The maximum absolute atomic E-state index is 12.0. The number of nitrogens with zero attached hydrogens (tertiary/aromatic N) is 1. The molecule has 0 saturated carbocycles. The summed E-state index contributed by atoms with van der Waals surface area (Å²) in [7, 11) is 0. The van der Waals surface area contributed by atoms with E-state index >= 15 is 0 Å². The molecule has 1 aliphatic heterocycles. The molecule has 0 spiro atoms. The zero-order chi connectivity index (χ0) is 17.8. The second-order valence-corrected chi connectivity index (χ2v) is 6.03. The Hall–Kier alpha value is -2.44. The molecular weight excluding hydrogens is 367 g/mol. The largest absolute Gasteiger partial charge is 0.479 e. The highest BCUT2D eigenvalue weighted by atomic mass is 35.5. The van der Waals surface area contributed by atoms with Gasteiger partial charge in [-0.3, -0.25) is 4.79 Å². The monoisotopic (exact) mass is 380 g/mol. The van der Waals surface area contributed by atoms with E-state index in [1.807, 2.05) is 0 Å². The van der Waals surface area contributed by atoms with Crippen molar-refractivity contribution in [2.45, 2.75) is 13.0 Å². The Balaban J connectivity index is 1.56. The van der Waals surface area contributed by atoms with Crippen LogP contribution in [-0.2, 0) is 4.79 Å². The van der Waals surface area contributed by atoms with Crippen LogP contribution in [0.1, 0.15) is 12.5 Å². The molecule has 8 heteroatoms. The lowest BCUT2D eigenvalue weighted by Crippen LogP contribution is -2.33. The van der Waals surface area contributed by atoms with Gasteiger partial charge in [0.25, 0.3) is 5.91 Å². The molecule has 0 saturated heterocycles. The van der Waals surface area contributed by atoms with Gasteiger partial charge in [-0.2, -0.15) is 5.10 Å². The molecule has 1 unspecified atom stereocenters. The second-order valence-electron chi connectivity index (χ2n) is 5.18. The summed E-state index contributed by atoms with van der Waals surface area (Å²) in [5.41, 5.74) is 3.18. The van der Waals surface area contributed by atoms with Crippen LogP contribution in [0.5, 0.6) is 17.2 Å². The topological polar surface area (TPSA) is 69.2 Å². The molecule has 25 heavy (non-hydrogen) atoms. The number of nitrogens with one attached hydrogen (secondary N) is 1. The Labute approximate surface area is 154 Å². The van der Waals surface area contributed by atoms with E-state index in [4.69, 9.17) is 37.4 Å². The van der Waals surface area contributed by atoms with Crippen molar-refractivity contribution in [3.63, 3.8) is 0 Å². The van der Waals surface area contributed by atoms with Crippen molar-refractivity contribution >= 4 is 35.3 Å². The average molecular weight is 381 g/mol. The number of hydrogen-bond donors (Lipinski definition) is 1. The van der Waals surface area contributed by atoms with Crippen LogP contribution in [0.25, 0.3) is 0 Å². The number of rotatable bonds is 5. The van der Waals surface area contributed by atoms with E-state index in [0.717, 1.165) is 5.56 Å². The van der Waals surface area contributed by atoms with E-state index in [-0.39, 0.29) is 6.79 Å². The summed E-state index contributed by atoms with van der Waals surface area (Å²) in [5.74, 6) is 1.28. The van der Waals surface area contributed by atoms with E-state index in [1.54, 1.807) is 43.3 Å². The zero-order valence-electron chi connectivity index (χ0n) is 13.2. The lowest BCUT2D eigenvalue weighted by atomic mass is 10.2. The highest BCUT2D eigenvalue weighted by Gasteiger charge is 2.16. The molecule has 1 heterocycles. The first-order valence-electron chi connectivity index (χ1n) is 7.37. The maximum Gasteiger partial charge on any atom is 0.280 e. The Morgan fingerprint density at radius 3 is 2.84 bits per heavy atom. The highest BCUT2D eigenvalue weighted by Crippen LogP contribution is 2.32. The third kappa shape index (κ3) is 4.35. The smallest absolute Gasteiger partial charge is 0.280 e. The molecule has 1 amide bonds. The number of benzene rings is 2. The maximum atomic E-state index is 12.0. The highest BCUT2D eigenvalue weighted by molar-refractivity contribution is 6.35. The predicted molar refractivity (Wildman–Crippen MR) is 94.9 cm³/mol. The Kier molecular flexibility index (Phi) is 5.31. The normalized spacial score (nSPS) is 13.7. The van der Waals surface area contributed by atoms with Gasteiger partial charge in [-0.05, 0) is 48.9 Å². The third-order valence-electron chi connectivity index (χ3n) is 3.35. The molecule has 1 aliphatic rings. The first-order chi connectivity index (χ1) is 12.0. The lowest BCUT2D eigenvalue weighted by molar-refractivity contribution is -0.127. The fraction of sp³-hybridized carbons (Fsp3) is 0.176. The molecule has 0 bridgehead atoms. The summed E-state index contributed by atoms with van der Waals surface area (Å²) >= 11 is 11.8. The SMILES string of the molecule is CC(Oc1ccc(Cl)cc1Cl)C(=O)NN=Cc1ccc2c(c1)OCO2. The Morgan fingerprint density at radius 2 is 2.04 bits per heavy atom. The molecule has 0 radical (unpaired) electrons. The van der Waals surface area contributed by atoms with E-state index in [9.17, 15) is 4.79 Å². The number of carbonyl (C=O) groups is 1. The Morgan fingerprint density at radius 1 is 1.24 bits per heavy atom. The molecule has 1 N–H and O–H groups in total. The minimum absolute atomic E-state index is 0.203. The predicted octanol–water partition coefficient (Wildman–Crippen LogP) is 3.64. The van der Waals surface area contributed by atoms with Gasteiger partial charge < -0.3 is 14.2 Å². The van der Waals surface area contributed by atoms with Crippen molar-refractivity contribution < 1.29 is 19.0 Å². The molecule has 2 aromatic rings. The van der Waals surface area contributed by atoms with Crippen molar-refractivity contribution in [3.8, 4) is 17.2 Å². The lowest BCUT2D eigenvalue weighted by Gasteiger charge is -2.14. The number of ether oxygens (including phenoxy) is 3. The van der Waals surface area contributed by atoms with Crippen molar-refractivity contribution in [1.29, 1.82) is 0 Å². The van der Waals surface area contributed by atoms with Crippen molar-refractivity contribution in [3.05, 3.63) is 52.0 Å². The molecular formula is C17H14Cl2N2O4. The number of fused-ring (bicyclic) bond motifs is 1. The van der Waals surface area contributed by atoms with E-state index < -0.39 is 12.0 Å². The van der Waals surface area contributed by atoms with Gasteiger partial charge in [0.1, 0.15) is 5.75 Å². The van der Waals surface area contributed by atoms with Gasteiger partial charge >= 0.3 is 0 Å². The molecule has 1 atom stereocenters. The van der Waals surface area contributed by atoms with E-state index in [1.165, 1.54) is 6.21 Å². The summed E-state index contributed by atoms with van der Waals surface area (Å²) in [4.78, 5) is 12.0. The van der Waals surface area contributed by atoms with Gasteiger partial charge in [0.2, 0.25) is 6.79 Å². The first kappa shape index (κ1) is 17.4. The molecule has 6 nitrogen and oxygen atoms in total. The van der Waals surface area contributed by atoms with Crippen LogP contribution in [0.15, 0.2) is 41.5 Å². The van der Waals surface area contributed by atoms with Crippen molar-refractivity contribution in [2.75, 3.05) is 6.79 Å². The fourth-order valence-corrected chi connectivity index (χ4v) is 2.52. The van der Waals surface area contributed by atoms with Gasteiger partial charge in [0.15, 0.2) is 17.6 Å². The first-order valence-corrected chi connectivity index (χ1v) is 8.13. The standard InChI is InChI=1S/C17H14Cl2N2O4/c1-10(25-14-5-3-12(18)7-13(14)19)17(22)21-20-8-11-2-4-15-16(6-11)24-9-23-15/h2-8,10H,9H2,1H3,(H,21,22). The number of hydrazone groups is 1. The summed E-state index contributed by atoms with van der Waals surface area (Å²) in [6.45, 7) is 1.80. The number of halogens is 2. The number of carbonyl (C=O) groups excluding carboxylic acids is 1. The van der Waals surface area contributed by atoms with Crippen LogP contribution in [0.2, 0.25) is 10.0 Å². The fourth-order valence-electron chi connectivity index (χ4n) is 2.07. The van der Waals surface area contributed by atoms with E-state index in [0.29, 0.717) is 27.3 Å². The van der Waals surface area contributed by atoms with E-state index in [2.05, 4.69) is 10.5 Å². The van der Waals surface area contributed by atoms with Gasteiger partial charge in [0.05, 0.1) is 11.2 Å². The van der Waals surface area contributed by atoms with Crippen LogP contribution in [0.4, 0.5) is 0 Å². The quantitative estimate of drug-likeness (QED) is 0.634. The summed E-state index contributed by atoms with van der Waals surface area (Å²) in [6, 6.07) is 10.1. The molecule has 2 aromatic carbocycles. The van der Waals surface area contributed by atoms with Crippen LogP contribution in [0.3, 0.4) is 0 Å². The van der Waals surface area contributed by atoms with Crippen molar-refractivity contribution in [1.82, 2.24) is 5.43 Å². The Bertz CT molecular complexity index is 826. The van der Waals surface area contributed by atoms with Gasteiger partial charge in [-0.15, -0.1) is 0 Å². The van der Waals surface area contributed by atoms with Crippen LogP contribution >= 0.6 is 23.2 Å². The van der Waals surface area contributed by atoms with Gasteiger partial charge in [-0.25, -0.2) is 5.43 Å². The summed E-state index contributed by atoms with van der Waals surface area (Å²) in [5, 5.41) is 4.73. The molecule has 0 aromatic heterocycles. The summed E-state index contributed by atoms with van der Waals surface area (Å²) < 4.78 is 16.0. The van der Waals surface area contributed by atoms with Crippen molar-refractivity contribution in [2.24, 2.45) is 5.10 Å². The van der Waals surface area contributed by atoms with Crippen LogP contribution in [-0.4, -0.2) is 25.0 Å². The molecule has 3 rings (SSSR count). The third-order valence-corrected chi connectivity index (χ3v) is 3.88. The molecule has 0 fully saturated rings. The zero-order valence-corrected chi connectivity index (χ0v) is 14.7. The molecule has 0 aliphatic carbocycles. The second kappa shape index (κ2) is 7.63. The number of hydrogen-bond acceptors (Lipinski definition) is 5. The number of amides is 1. The molecule has 130 valence electrons. The van der Waals surface area contributed by atoms with Crippen LogP contribution < -0.4 is 19.6 Å². The van der Waals surface area contributed by atoms with Gasteiger partial charge in [-0.1, -0.05) is 23.2 Å².